The molecule has 1 amide bonds. The van der Waals surface area contributed by atoms with Gasteiger partial charge in [0.15, 0.2) is 10.8 Å². The maximum Gasteiger partial charge on any atom is 0.265 e. The van der Waals surface area contributed by atoms with E-state index in [1.165, 1.54) is 22.7 Å². The summed E-state index contributed by atoms with van der Waals surface area (Å²) in [5, 5.41) is 9.72. The number of amides is 1. The van der Waals surface area contributed by atoms with Crippen LogP contribution in [-0.2, 0) is 11.2 Å². The summed E-state index contributed by atoms with van der Waals surface area (Å²) in [4.78, 5) is 34.1. The second-order valence-electron chi connectivity index (χ2n) is 8.83. The number of hydrogen-bond donors (Lipinski definition) is 2. The minimum atomic E-state index is -0.227. The van der Waals surface area contributed by atoms with Gasteiger partial charge in [-0.15, -0.1) is 0 Å². The maximum atomic E-state index is 13.3. The Morgan fingerprint density at radius 1 is 1.20 bits per heavy atom. The second kappa shape index (κ2) is 8.74. The van der Waals surface area contributed by atoms with Crippen molar-refractivity contribution in [2.75, 3.05) is 12.3 Å². The average molecular weight is 485 g/mol. The van der Waals surface area contributed by atoms with E-state index in [1.54, 1.807) is 15.4 Å². The molecule has 6 rings (SSSR count). The van der Waals surface area contributed by atoms with E-state index in [0.717, 1.165) is 23.2 Å². The highest BCUT2D eigenvalue weighted by atomic mass is 32.2. The van der Waals surface area contributed by atoms with Gasteiger partial charge in [0, 0.05) is 35.8 Å². The summed E-state index contributed by atoms with van der Waals surface area (Å²) in [6, 6.07) is 15.8. The van der Waals surface area contributed by atoms with Crippen molar-refractivity contribution in [1.29, 1.82) is 0 Å². The first-order valence-electron chi connectivity index (χ1n) is 11.6. The number of aryl methyl sites for hydroxylation is 1. The van der Waals surface area contributed by atoms with Gasteiger partial charge in [-0.25, -0.2) is 9.67 Å². The Bertz CT molecular complexity index is 1630. The molecule has 1 atom stereocenters. The second-order valence-corrected chi connectivity index (χ2v) is 9.82. The monoisotopic (exact) mass is 484 g/mol. The van der Waals surface area contributed by atoms with Crippen molar-refractivity contribution in [3.8, 4) is 5.69 Å². The van der Waals surface area contributed by atoms with E-state index in [-0.39, 0.29) is 23.9 Å². The number of H-pyrrole nitrogens is 1. The normalized spacial score (nSPS) is 15.1. The first kappa shape index (κ1) is 21.7. The van der Waals surface area contributed by atoms with Crippen LogP contribution in [-0.4, -0.2) is 42.5 Å². The third-order valence-corrected chi connectivity index (χ3v) is 7.53. The van der Waals surface area contributed by atoms with Crippen LogP contribution in [0.1, 0.15) is 23.6 Å². The number of aromatic nitrogens is 5. The lowest BCUT2D eigenvalue weighted by Gasteiger charge is -2.13. The average Bonchev–Trinajstić information content (AvgIpc) is 3.57. The van der Waals surface area contributed by atoms with Crippen molar-refractivity contribution in [3.63, 3.8) is 0 Å². The van der Waals surface area contributed by atoms with Crippen molar-refractivity contribution >= 4 is 39.6 Å². The van der Waals surface area contributed by atoms with Gasteiger partial charge in [0.2, 0.25) is 5.91 Å². The molecule has 0 saturated heterocycles. The van der Waals surface area contributed by atoms with Crippen LogP contribution in [0.15, 0.2) is 70.9 Å². The Morgan fingerprint density at radius 2 is 2.09 bits per heavy atom. The summed E-state index contributed by atoms with van der Waals surface area (Å²) in [5.41, 5.74) is 4.64. The summed E-state index contributed by atoms with van der Waals surface area (Å²) < 4.78 is 3.37. The number of rotatable bonds is 6. The third kappa shape index (κ3) is 3.91. The molecule has 1 aliphatic heterocycles. The van der Waals surface area contributed by atoms with Gasteiger partial charge < -0.3 is 10.3 Å². The number of carbonyl (C=O) groups excluding carboxylic acids is 1. The predicted octanol–water partition coefficient (Wildman–Crippen LogP) is 3.77. The van der Waals surface area contributed by atoms with Crippen LogP contribution in [0.2, 0.25) is 0 Å². The molecule has 5 aromatic rings. The Kier molecular flexibility index (Phi) is 5.41. The molecule has 0 radical (unpaired) electrons. The minimum Gasteiger partial charge on any atom is -0.361 e. The topological polar surface area (TPSA) is 97.6 Å². The number of benzene rings is 2. The smallest absolute Gasteiger partial charge is 0.265 e. The quantitative estimate of drug-likeness (QED) is 0.358. The van der Waals surface area contributed by atoms with Crippen LogP contribution in [0.5, 0.6) is 0 Å². The van der Waals surface area contributed by atoms with Crippen molar-refractivity contribution in [1.82, 2.24) is 29.6 Å². The number of fused-ring (bicyclic) bond motifs is 3. The van der Waals surface area contributed by atoms with Crippen LogP contribution in [0.3, 0.4) is 0 Å². The SMILES string of the molecule is Cc1cccc(-n2ncc3c(=O)n4c(nc32)SCC4CC(=O)NCCc2c[nH]c3ccccc23)c1. The van der Waals surface area contributed by atoms with Crippen LogP contribution >= 0.6 is 11.8 Å². The van der Waals surface area contributed by atoms with Crippen molar-refractivity contribution in [3.05, 3.63) is 82.4 Å². The highest BCUT2D eigenvalue weighted by Gasteiger charge is 2.29. The number of nitrogens with one attached hydrogen (secondary N) is 2. The Morgan fingerprint density at radius 3 is 2.97 bits per heavy atom. The lowest BCUT2D eigenvalue weighted by molar-refractivity contribution is -0.121. The molecule has 0 aliphatic carbocycles. The molecule has 0 bridgehead atoms. The summed E-state index contributed by atoms with van der Waals surface area (Å²) in [7, 11) is 0. The predicted molar refractivity (Wildman–Crippen MR) is 137 cm³/mol. The van der Waals surface area contributed by atoms with Crippen molar-refractivity contribution in [2.45, 2.75) is 31.0 Å². The summed E-state index contributed by atoms with van der Waals surface area (Å²) in [5.74, 6) is 0.577. The molecule has 0 saturated carbocycles. The van der Waals surface area contributed by atoms with Gasteiger partial charge in [0.05, 0.1) is 17.9 Å². The van der Waals surface area contributed by atoms with Gasteiger partial charge in [-0.1, -0.05) is 42.1 Å². The Labute approximate surface area is 205 Å². The zero-order valence-electron chi connectivity index (χ0n) is 19.2. The number of para-hydroxylation sites is 1. The summed E-state index contributed by atoms with van der Waals surface area (Å²) >= 11 is 1.51. The van der Waals surface area contributed by atoms with E-state index in [0.29, 0.717) is 28.5 Å². The summed E-state index contributed by atoms with van der Waals surface area (Å²) in [6.07, 6.45) is 4.55. The fourth-order valence-corrected chi connectivity index (χ4v) is 5.82. The zero-order chi connectivity index (χ0) is 23.9. The van der Waals surface area contributed by atoms with E-state index < -0.39 is 0 Å². The van der Waals surface area contributed by atoms with Crippen LogP contribution < -0.4 is 10.9 Å². The Hall–Kier alpha value is -3.85. The Balaban J connectivity index is 1.18. The molecule has 176 valence electrons. The largest absolute Gasteiger partial charge is 0.361 e. The first-order chi connectivity index (χ1) is 17.1. The molecule has 4 heterocycles. The van der Waals surface area contributed by atoms with Crippen molar-refractivity contribution < 1.29 is 4.79 Å². The molecule has 2 aromatic carbocycles. The molecular formula is C26H24N6O2S. The number of nitrogens with zero attached hydrogens (tertiary/aromatic N) is 4. The molecule has 0 fully saturated rings. The van der Waals surface area contributed by atoms with Gasteiger partial charge in [-0.3, -0.25) is 14.2 Å². The fourth-order valence-electron chi connectivity index (χ4n) is 4.69. The van der Waals surface area contributed by atoms with Gasteiger partial charge >= 0.3 is 0 Å². The van der Waals surface area contributed by atoms with Gasteiger partial charge in [-0.2, -0.15) is 5.10 Å². The van der Waals surface area contributed by atoms with Gasteiger partial charge in [-0.05, 0) is 42.7 Å². The van der Waals surface area contributed by atoms with E-state index in [2.05, 4.69) is 21.5 Å². The lowest BCUT2D eigenvalue weighted by atomic mass is 10.1. The fraction of sp³-hybridized carbons (Fsp3) is 0.231. The highest BCUT2D eigenvalue weighted by Crippen LogP contribution is 2.33. The molecule has 8 nitrogen and oxygen atoms in total. The van der Waals surface area contributed by atoms with Crippen LogP contribution in [0.4, 0.5) is 0 Å². The molecule has 9 heteroatoms. The molecular weight excluding hydrogens is 460 g/mol. The third-order valence-electron chi connectivity index (χ3n) is 6.43. The number of carbonyl (C=O) groups is 1. The van der Waals surface area contributed by atoms with E-state index >= 15 is 0 Å². The standard InChI is InChI=1S/C26H24N6O2S/c1-16-5-4-6-18(11-16)32-24-21(14-29-32)25(34)31-19(15-35-26(31)30-24)12-23(33)27-10-9-17-13-28-22-8-3-2-7-20(17)22/h2-8,11,13-14,19,28H,9-10,12,15H2,1H3,(H,27,33). The van der Waals surface area contributed by atoms with Crippen molar-refractivity contribution in [2.24, 2.45) is 0 Å². The number of hydrogen-bond acceptors (Lipinski definition) is 5. The minimum absolute atomic E-state index is 0.0641. The molecule has 1 aliphatic rings. The number of thioether (sulfide) groups is 1. The zero-order valence-corrected chi connectivity index (χ0v) is 20.0. The van der Waals surface area contributed by atoms with Gasteiger partial charge in [0.1, 0.15) is 5.39 Å². The molecule has 3 aromatic heterocycles. The maximum absolute atomic E-state index is 13.3. The highest BCUT2D eigenvalue weighted by molar-refractivity contribution is 7.99. The van der Waals surface area contributed by atoms with Crippen LogP contribution in [0, 0.1) is 6.92 Å². The molecule has 0 spiro atoms. The van der Waals surface area contributed by atoms with Gasteiger partial charge in [0.25, 0.3) is 5.56 Å². The summed E-state index contributed by atoms with van der Waals surface area (Å²) in [6.45, 7) is 2.56. The van der Waals surface area contributed by atoms with E-state index in [4.69, 9.17) is 4.98 Å². The lowest BCUT2D eigenvalue weighted by Crippen LogP contribution is -2.31. The van der Waals surface area contributed by atoms with Crippen LogP contribution in [0.25, 0.3) is 27.6 Å². The number of aromatic amines is 1. The molecule has 35 heavy (non-hydrogen) atoms. The van der Waals surface area contributed by atoms with E-state index in [9.17, 15) is 9.59 Å². The van der Waals surface area contributed by atoms with E-state index in [1.807, 2.05) is 55.6 Å². The first-order valence-corrected chi connectivity index (χ1v) is 12.6. The molecule has 2 N–H and O–H groups in total. The molecule has 1 unspecified atom stereocenters.